The Kier molecular flexibility index (Phi) is 8.11. The Labute approximate surface area is 171 Å². The SMILES string of the molecule is C=CCNC(=O)[C@@H](C)OC(=O)CN(Cc1ccccc1)S(=O)(=O)c1ccccc1. The maximum Gasteiger partial charge on any atom is 0.322 e. The smallest absolute Gasteiger partial charge is 0.322 e. The molecule has 0 saturated carbocycles. The number of sulfonamides is 1. The predicted molar refractivity (Wildman–Crippen MR) is 109 cm³/mol. The second-order valence-corrected chi connectivity index (χ2v) is 8.18. The Morgan fingerprint density at radius 2 is 1.69 bits per heavy atom. The fourth-order valence-corrected chi connectivity index (χ4v) is 3.90. The van der Waals surface area contributed by atoms with E-state index in [-0.39, 0.29) is 18.0 Å². The molecule has 0 aliphatic heterocycles. The van der Waals surface area contributed by atoms with Gasteiger partial charge in [0.2, 0.25) is 10.0 Å². The van der Waals surface area contributed by atoms with Crippen LogP contribution in [-0.4, -0.2) is 43.8 Å². The molecular formula is C21H24N2O5S. The Hall–Kier alpha value is -2.97. The minimum Gasteiger partial charge on any atom is -0.452 e. The largest absolute Gasteiger partial charge is 0.452 e. The molecule has 2 aromatic rings. The van der Waals surface area contributed by atoms with Gasteiger partial charge in [-0.05, 0) is 24.6 Å². The van der Waals surface area contributed by atoms with E-state index < -0.39 is 34.5 Å². The Bertz CT molecular complexity index is 930. The van der Waals surface area contributed by atoms with Crippen molar-refractivity contribution >= 4 is 21.9 Å². The number of hydrogen-bond donors (Lipinski definition) is 1. The number of nitrogens with zero attached hydrogens (tertiary/aromatic N) is 1. The van der Waals surface area contributed by atoms with Crippen molar-refractivity contribution in [3.05, 3.63) is 78.9 Å². The van der Waals surface area contributed by atoms with Crippen LogP contribution >= 0.6 is 0 Å². The molecule has 2 rings (SSSR count). The summed E-state index contributed by atoms with van der Waals surface area (Å²) in [5, 5.41) is 2.52. The highest BCUT2D eigenvalue weighted by Gasteiger charge is 2.28. The molecule has 0 aliphatic carbocycles. The zero-order valence-corrected chi connectivity index (χ0v) is 17.0. The molecule has 8 heteroatoms. The highest BCUT2D eigenvalue weighted by Crippen LogP contribution is 2.18. The summed E-state index contributed by atoms with van der Waals surface area (Å²) in [5.41, 5.74) is 0.719. The molecule has 0 saturated heterocycles. The van der Waals surface area contributed by atoms with E-state index in [4.69, 9.17) is 4.74 Å². The number of nitrogens with one attached hydrogen (secondary N) is 1. The summed E-state index contributed by atoms with van der Waals surface area (Å²) in [6.45, 7) is 4.62. The van der Waals surface area contributed by atoms with E-state index in [0.717, 1.165) is 9.87 Å². The summed E-state index contributed by atoms with van der Waals surface area (Å²) in [7, 11) is -3.95. The van der Waals surface area contributed by atoms with Gasteiger partial charge in [-0.25, -0.2) is 8.42 Å². The van der Waals surface area contributed by atoms with Crippen LogP contribution in [-0.2, 0) is 30.9 Å². The van der Waals surface area contributed by atoms with Crippen LogP contribution in [0.2, 0.25) is 0 Å². The van der Waals surface area contributed by atoms with Crippen LogP contribution < -0.4 is 5.32 Å². The Morgan fingerprint density at radius 3 is 2.28 bits per heavy atom. The quantitative estimate of drug-likeness (QED) is 0.473. The summed E-state index contributed by atoms with van der Waals surface area (Å²) < 4.78 is 32.3. The lowest BCUT2D eigenvalue weighted by atomic mass is 10.2. The minimum absolute atomic E-state index is 0.00971. The van der Waals surface area contributed by atoms with Crippen molar-refractivity contribution in [3.8, 4) is 0 Å². The molecule has 1 amide bonds. The van der Waals surface area contributed by atoms with Crippen LogP contribution in [0.4, 0.5) is 0 Å². The van der Waals surface area contributed by atoms with Gasteiger partial charge in [-0.1, -0.05) is 54.6 Å². The Balaban J connectivity index is 2.18. The van der Waals surface area contributed by atoms with E-state index >= 15 is 0 Å². The van der Waals surface area contributed by atoms with Crippen molar-refractivity contribution in [1.29, 1.82) is 0 Å². The first-order valence-corrected chi connectivity index (χ1v) is 10.5. The van der Waals surface area contributed by atoms with Crippen LogP contribution in [0.3, 0.4) is 0 Å². The minimum atomic E-state index is -3.95. The van der Waals surface area contributed by atoms with Gasteiger partial charge in [0, 0.05) is 13.1 Å². The molecule has 1 N–H and O–H groups in total. The van der Waals surface area contributed by atoms with Crippen molar-refractivity contribution < 1.29 is 22.7 Å². The number of benzene rings is 2. The molecule has 0 unspecified atom stereocenters. The molecular weight excluding hydrogens is 392 g/mol. The number of carbonyl (C=O) groups excluding carboxylic acids is 2. The molecule has 0 fully saturated rings. The van der Waals surface area contributed by atoms with E-state index in [1.807, 2.05) is 6.07 Å². The van der Waals surface area contributed by atoms with Gasteiger partial charge in [0.05, 0.1) is 4.90 Å². The van der Waals surface area contributed by atoms with Crippen molar-refractivity contribution in [2.24, 2.45) is 0 Å². The molecule has 1 atom stereocenters. The number of rotatable bonds is 10. The van der Waals surface area contributed by atoms with Crippen molar-refractivity contribution in [2.75, 3.05) is 13.1 Å². The van der Waals surface area contributed by atoms with Gasteiger partial charge in [0.25, 0.3) is 5.91 Å². The first-order chi connectivity index (χ1) is 13.8. The maximum absolute atomic E-state index is 13.1. The van der Waals surface area contributed by atoms with Crippen LogP contribution in [0.25, 0.3) is 0 Å². The summed E-state index contributed by atoms with van der Waals surface area (Å²) in [6, 6.07) is 16.8. The standard InChI is InChI=1S/C21H24N2O5S/c1-3-14-22-21(25)17(2)28-20(24)16-23(15-18-10-6-4-7-11-18)29(26,27)19-12-8-5-9-13-19/h3-13,17H,1,14-16H2,2H3,(H,22,25)/t17-/m1/s1. The monoisotopic (exact) mass is 416 g/mol. The maximum atomic E-state index is 13.1. The van der Waals surface area contributed by atoms with Crippen molar-refractivity contribution in [1.82, 2.24) is 9.62 Å². The van der Waals surface area contributed by atoms with Crippen LogP contribution in [0.1, 0.15) is 12.5 Å². The number of esters is 1. The summed E-state index contributed by atoms with van der Waals surface area (Å²) in [5.74, 6) is -1.31. The van der Waals surface area contributed by atoms with Gasteiger partial charge >= 0.3 is 5.97 Å². The van der Waals surface area contributed by atoms with Crippen molar-refractivity contribution in [3.63, 3.8) is 0 Å². The van der Waals surface area contributed by atoms with Gasteiger partial charge in [0.15, 0.2) is 6.10 Å². The molecule has 0 bridgehead atoms. The van der Waals surface area contributed by atoms with Gasteiger partial charge in [0.1, 0.15) is 6.54 Å². The second kappa shape index (κ2) is 10.5. The third-order valence-electron chi connectivity index (χ3n) is 3.99. The fraction of sp³-hybridized carbons (Fsp3) is 0.238. The molecule has 0 heterocycles. The summed E-state index contributed by atoms with van der Waals surface area (Å²) in [6.07, 6.45) is 0.445. The topological polar surface area (TPSA) is 92.8 Å². The number of amides is 1. The van der Waals surface area contributed by atoms with Gasteiger partial charge in [-0.2, -0.15) is 4.31 Å². The van der Waals surface area contributed by atoms with E-state index in [1.165, 1.54) is 25.1 Å². The first kappa shape index (κ1) is 22.3. The first-order valence-electron chi connectivity index (χ1n) is 9.02. The third-order valence-corrected chi connectivity index (χ3v) is 5.79. The second-order valence-electron chi connectivity index (χ2n) is 6.24. The number of hydrogen-bond acceptors (Lipinski definition) is 5. The molecule has 154 valence electrons. The van der Waals surface area contributed by atoms with E-state index in [0.29, 0.717) is 0 Å². The lowest BCUT2D eigenvalue weighted by Gasteiger charge is -2.22. The summed E-state index contributed by atoms with van der Waals surface area (Å²) in [4.78, 5) is 24.3. The van der Waals surface area contributed by atoms with Crippen LogP contribution in [0.5, 0.6) is 0 Å². The van der Waals surface area contributed by atoms with E-state index in [1.54, 1.807) is 42.5 Å². The summed E-state index contributed by atoms with van der Waals surface area (Å²) >= 11 is 0. The highest BCUT2D eigenvalue weighted by molar-refractivity contribution is 7.89. The molecule has 29 heavy (non-hydrogen) atoms. The Morgan fingerprint density at radius 1 is 1.10 bits per heavy atom. The lowest BCUT2D eigenvalue weighted by Crippen LogP contribution is -2.40. The van der Waals surface area contributed by atoms with Gasteiger partial charge in [-0.15, -0.1) is 6.58 Å². The van der Waals surface area contributed by atoms with E-state index in [9.17, 15) is 18.0 Å². The molecule has 7 nitrogen and oxygen atoms in total. The molecule has 0 radical (unpaired) electrons. The molecule has 0 spiro atoms. The molecule has 0 aromatic heterocycles. The predicted octanol–water partition coefficient (Wildman–Crippen LogP) is 2.11. The van der Waals surface area contributed by atoms with Gasteiger partial charge in [-0.3, -0.25) is 9.59 Å². The number of ether oxygens (including phenoxy) is 1. The normalized spacial score (nSPS) is 12.2. The van der Waals surface area contributed by atoms with Gasteiger partial charge < -0.3 is 10.1 Å². The van der Waals surface area contributed by atoms with E-state index in [2.05, 4.69) is 11.9 Å². The highest BCUT2D eigenvalue weighted by atomic mass is 32.2. The zero-order chi connectivity index (χ0) is 21.3. The number of carbonyl (C=O) groups is 2. The lowest BCUT2D eigenvalue weighted by molar-refractivity contribution is -0.154. The average molecular weight is 416 g/mol. The fourth-order valence-electron chi connectivity index (χ4n) is 2.50. The van der Waals surface area contributed by atoms with Crippen LogP contribution in [0, 0.1) is 0 Å². The average Bonchev–Trinajstić information content (AvgIpc) is 2.72. The van der Waals surface area contributed by atoms with Crippen molar-refractivity contribution in [2.45, 2.75) is 24.5 Å². The van der Waals surface area contributed by atoms with Crippen LogP contribution in [0.15, 0.2) is 78.2 Å². The third kappa shape index (κ3) is 6.55. The zero-order valence-electron chi connectivity index (χ0n) is 16.2. The molecule has 2 aromatic carbocycles. The molecule has 0 aliphatic rings.